The molecule has 7 heteroatoms. The van der Waals surface area contributed by atoms with E-state index < -0.39 is 53.3 Å². The number of carboxylic acids is 3. The van der Waals surface area contributed by atoms with Crippen molar-refractivity contribution in [1.29, 1.82) is 0 Å². The lowest BCUT2D eigenvalue weighted by Crippen LogP contribution is -2.68. The molecular weight excluding hydrogens is 905 g/mol. The Labute approximate surface area is 454 Å². The molecule has 0 amide bonds. The Morgan fingerprint density at radius 3 is 0.699 bits per heavy atom. The highest BCUT2D eigenvalue weighted by molar-refractivity contribution is 5.93. The monoisotopic (exact) mass is 1030 g/mol. The van der Waals surface area contributed by atoms with Crippen LogP contribution in [0.3, 0.4) is 0 Å². The summed E-state index contributed by atoms with van der Waals surface area (Å²) in [5.41, 5.74) is -4.31. The molecule has 0 saturated carbocycles. The Hall–Kier alpha value is -1.63. The smallest absolute Gasteiger partial charge is 0.337 e. The van der Waals surface area contributed by atoms with Crippen molar-refractivity contribution in [2.75, 3.05) is 0 Å². The van der Waals surface area contributed by atoms with Crippen LogP contribution in [0.15, 0.2) is 0 Å². The summed E-state index contributed by atoms with van der Waals surface area (Å²) in [6, 6.07) is 0. The molecule has 0 fully saturated rings. The summed E-state index contributed by atoms with van der Waals surface area (Å²) in [6.07, 6.45) is 52.6. The first-order valence-electron chi connectivity index (χ1n) is 32.9. The molecule has 0 aromatic rings. The highest BCUT2D eigenvalue weighted by Crippen LogP contribution is 2.57. The molecule has 73 heavy (non-hydrogen) atoms. The highest BCUT2D eigenvalue weighted by atomic mass is 16.5. The second-order valence-corrected chi connectivity index (χ2v) is 23.5. The number of unbranched alkanes of at least 4 members (excludes halogenated alkanes) is 39. The van der Waals surface area contributed by atoms with Gasteiger partial charge in [0.05, 0.1) is 12.5 Å². The number of rotatable bonds is 60. The quantitative estimate of drug-likeness (QED) is 0.0519. The van der Waals surface area contributed by atoms with Gasteiger partial charge in [0, 0.05) is 0 Å². The molecule has 0 radical (unpaired) electrons. The molecule has 0 aliphatic rings. The van der Waals surface area contributed by atoms with Crippen LogP contribution in [0.4, 0.5) is 0 Å². The third-order valence-electron chi connectivity index (χ3n) is 17.1. The van der Waals surface area contributed by atoms with E-state index in [1.807, 2.05) is 0 Å². The molecule has 4 unspecified atom stereocenters. The molecule has 7 nitrogen and oxygen atoms in total. The van der Waals surface area contributed by atoms with Crippen LogP contribution in [0, 0.1) is 17.3 Å². The minimum atomic E-state index is -2.41. The zero-order chi connectivity index (χ0) is 53.9. The first kappa shape index (κ1) is 71.4. The fourth-order valence-electron chi connectivity index (χ4n) is 12.6. The van der Waals surface area contributed by atoms with E-state index >= 15 is 4.79 Å². The number of carbonyl (C=O) groups is 3. The summed E-state index contributed by atoms with van der Waals surface area (Å²) in [5, 5.41) is 35.8. The molecule has 3 N–H and O–H groups in total. The Morgan fingerprint density at radius 1 is 0.301 bits per heavy atom. The van der Waals surface area contributed by atoms with Gasteiger partial charge in [0.25, 0.3) is 0 Å². The van der Waals surface area contributed by atoms with Crippen molar-refractivity contribution in [3.05, 3.63) is 0 Å². The minimum absolute atomic E-state index is 0.512. The third-order valence-corrected chi connectivity index (χ3v) is 17.1. The van der Waals surface area contributed by atoms with Gasteiger partial charge < -0.3 is 20.1 Å². The molecule has 0 rings (SSSR count). The van der Waals surface area contributed by atoms with E-state index in [-0.39, 0.29) is 0 Å². The van der Waals surface area contributed by atoms with Gasteiger partial charge in [-0.2, -0.15) is 0 Å². The second kappa shape index (κ2) is 51.1. The highest BCUT2D eigenvalue weighted by Gasteiger charge is 2.70. The summed E-state index contributed by atoms with van der Waals surface area (Å²) in [4.78, 5) is 43.9. The zero-order valence-corrected chi connectivity index (χ0v) is 50.0. The van der Waals surface area contributed by atoms with E-state index in [2.05, 4.69) is 41.5 Å². The average molecular weight is 1030 g/mol. The predicted octanol–water partition coefficient (Wildman–Crippen LogP) is 22.0. The van der Waals surface area contributed by atoms with Crippen LogP contribution in [0.2, 0.25) is 0 Å². The molecule has 4 atom stereocenters. The minimum Gasteiger partial charge on any atom is -0.481 e. The molecule has 0 spiro atoms. The van der Waals surface area contributed by atoms with Crippen LogP contribution in [0.1, 0.15) is 375 Å². The number of hydrogen-bond acceptors (Lipinski definition) is 4. The maximum Gasteiger partial charge on any atom is 0.337 e. The summed E-state index contributed by atoms with van der Waals surface area (Å²) >= 11 is 0. The van der Waals surface area contributed by atoms with Crippen LogP contribution >= 0.6 is 0 Å². The third kappa shape index (κ3) is 34.0. The van der Waals surface area contributed by atoms with Crippen molar-refractivity contribution in [2.45, 2.75) is 387 Å². The average Bonchev–Trinajstić information content (AvgIpc) is 3.36. The van der Waals surface area contributed by atoms with E-state index in [9.17, 15) is 24.9 Å². The molecule has 0 aromatic heterocycles. The Bertz CT molecular complexity index is 1180. The normalized spacial score (nSPS) is 14.7. The van der Waals surface area contributed by atoms with Gasteiger partial charge in [-0.1, -0.05) is 330 Å². The van der Waals surface area contributed by atoms with Crippen molar-refractivity contribution >= 4 is 17.9 Å². The fraction of sp³-hybridized carbons (Fsp3) is 0.955. The van der Waals surface area contributed by atoms with Crippen molar-refractivity contribution in [3.8, 4) is 0 Å². The lowest BCUT2D eigenvalue weighted by molar-refractivity contribution is -0.238. The van der Waals surface area contributed by atoms with Crippen molar-refractivity contribution in [1.82, 2.24) is 0 Å². The van der Waals surface area contributed by atoms with Crippen LogP contribution in [0.5, 0.6) is 0 Å². The maximum atomic E-state index is 15.3. The standard InChI is InChI=1S/C66H128O7/c1-7-13-19-25-31-34-37-42-48-54-59(52-46-40-28-22-16-10-4)66(64(71)72,60(53-47-41-29-23-17-11-5)55-49-43-38-35-32-26-20-14-8-2)65(63(69)70,58-62(67)68)73-61(56-50-44-30-24-18-12-6)57-51-45-39-36-33-27-21-15-9-3/h59-61H,7-58H2,1-6H3,(H,67,68)(H,69,70)(H,71,72). The molecule has 0 aliphatic heterocycles. The lowest BCUT2D eigenvalue weighted by atomic mass is 9.52. The van der Waals surface area contributed by atoms with Crippen LogP contribution in [-0.2, 0) is 19.1 Å². The van der Waals surface area contributed by atoms with Gasteiger partial charge in [0.2, 0.25) is 0 Å². The Morgan fingerprint density at radius 2 is 0.507 bits per heavy atom. The number of aliphatic carboxylic acids is 3. The van der Waals surface area contributed by atoms with Gasteiger partial charge in [-0.25, -0.2) is 4.79 Å². The topological polar surface area (TPSA) is 121 Å². The molecule has 0 bridgehead atoms. The van der Waals surface area contributed by atoms with E-state index in [0.29, 0.717) is 38.5 Å². The van der Waals surface area contributed by atoms with Crippen LogP contribution < -0.4 is 0 Å². The van der Waals surface area contributed by atoms with Gasteiger partial charge in [0.15, 0.2) is 5.60 Å². The fourth-order valence-corrected chi connectivity index (χ4v) is 12.6. The molecular formula is C66H128O7. The van der Waals surface area contributed by atoms with Crippen LogP contribution in [-0.4, -0.2) is 44.9 Å². The summed E-state index contributed by atoms with van der Waals surface area (Å²) in [5.74, 6) is -4.77. The van der Waals surface area contributed by atoms with E-state index in [0.717, 1.165) is 161 Å². The summed E-state index contributed by atoms with van der Waals surface area (Å²) < 4.78 is 7.34. The molecule has 434 valence electrons. The van der Waals surface area contributed by atoms with Crippen molar-refractivity contribution in [2.24, 2.45) is 17.3 Å². The van der Waals surface area contributed by atoms with Gasteiger partial charge >= 0.3 is 17.9 Å². The van der Waals surface area contributed by atoms with Crippen molar-refractivity contribution < 1.29 is 34.4 Å². The molecule has 0 saturated heterocycles. The van der Waals surface area contributed by atoms with Gasteiger partial charge in [-0.05, 0) is 50.4 Å². The van der Waals surface area contributed by atoms with Crippen LogP contribution in [0.25, 0.3) is 0 Å². The largest absolute Gasteiger partial charge is 0.481 e. The first-order chi connectivity index (χ1) is 35.6. The van der Waals surface area contributed by atoms with E-state index in [1.54, 1.807) is 0 Å². The Balaban J connectivity index is 7.81. The predicted molar refractivity (Wildman–Crippen MR) is 314 cm³/mol. The zero-order valence-electron chi connectivity index (χ0n) is 50.0. The second-order valence-electron chi connectivity index (χ2n) is 23.5. The lowest BCUT2D eigenvalue weighted by Gasteiger charge is -2.54. The molecule has 0 aromatic carbocycles. The summed E-state index contributed by atoms with van der Waals surface area (Å²) in [6.45, 7) is 13.4. The van der Waals surface area contributed by atoms with Gasteiger partial charge in [-0.15, -0.1) is 0 Å². The van der Waals surface area contributed by atoms with E-state index in [1.165, 1.54) is 128 Å². The first-order valence-corrected chi connectivity index (χ1v) is 32.9. The molecule has 0 heterocycles. The summed E-state index contributed by atoms with van der Waals surface area (Å²) in [7, 11) is 0. The van der Waals surface area contributed by atoms with E-state index in [4.69, 9.17) is 4.74 Å². The molecule has 0 aliphatic carbocycles. The number of hydrogen-bond donors (Lipinski definition) is 3. The number of ether oxygens (including phenoxy) is 1. The number of carboxylic acid groups (broad SMARTS) is 3. The van der Waals surface area contributed by atoms with Crippen molar-refractivity contribution in [3.63, 3.8) is 0 Å². The van der Waals surface area contributed by atoms with Gasteiger partial charge in [0.1, 0.15) is 5.41 Å². The Kier molecular flexibility index (Phi) is 50.0. The van der Waals surface area contributed by atoms with Gasteiger partial charge in [-0.3, -0.25) is 9.59 Å². The maximum absolute atomic E-state index is 15.3. The SMILES string of the molecule is CCCCCCCCCCCC(CCCCCCCC)OC(CC(=O)O)(C(=O)O)C(C(=O)O)(C(CCCCCCCC)CCCCCCCCCCC)C(CCCCCCCC)CCCCCCCCCCC.